The third-order valence-electron chi connectivity index (χ3n) is 2.33. The van der Waals surface area contributed by atoms with Crippen molar-refractivity contribution in [2.24, 2.45) is 7.05 Å². The monoisotopic (exact) mass is 194 g/mol. The van der Waals surface area contributed by atoms with Crippen LogP contribution in [0.2, 0.25) is 0 Å². The van der Waals surface area contributed by atoms with E-state index < -0.39 is 0 Å². The zero-order chi connectivity index (χ0) is 9.97. The minimum atomic E-state index is -0.0840. The number of nitrogens with zero attached hydrogens (tertiary/aromatic N) is 2. The summed E-state index contributed by atoms with van der Waals surface area (Å²) in [5.41, 5.74) is 0.486. The van der Waals surface area contributed by atoms with Gasteiger partial charge in [-0.1, -0.05) is 0 Å². The highest BCUT2D eigenvalue weighted by molar-refractivity contribution is 5.92. The fourth-order valence-electron chi connectivity index (χ4n) is 1.57. The average molecular weight is 194 g/mol. The molecule has 1 fully saturated rings. The number of carbonyl (C=O) groups excluding carboxylic acids is 1. The summed E-state index contributed by atoms with van der Waals surface area (Å²) < 4.78 is 1.77. The lowest BCUT2D eigenvalue weighted by Gasteiger charge is -2.09. The molecule has 5 heteroatoms. The van der Waals surface area contributed by atoms with Gasteiger partial charge in [-0.3, -0.25) is 4.79 Å². The van der Waals surface area contributed by atoms with Gasteiger partial charge < -0.3 is 15.2 Å². The Morgan fingerprint density at radius 2 is 2.64 bits per heavy atom. The SMILES string of the molecule is Cn1cnc(C(=O)N[C@H]2CCNC2)c1. The molecular weight excluding hydrogens is 180 g/mol. The van der Waals surface area contributed by atoms with Crippen LogP contribution in [-0.2, 0) is 7.05 Å². The maximum atomic E-state index is 11.6. The van der Waals surface area contributed by atoms with Crippen LogP contribution in [0.3, 0.4) is 0 Å². The molecule has 1 aliphatic heterocycles. The lowest BCUT2D eigenvalue weighted by atomic mass is 10.2. The third-order valence-corrected chi connectivity index (χ3v) is 2.33. The molecule has 1 aliphatic rings. The number of aryl methyl sites for hydroxylation is 1. The van der Waals surface area contributed by atoms with Crippen LogP contribution in [0.4, 0.5) is 0 Å². The van der Waals surface area contributed by atoms with E-state index in [4.69, 9.17) is 0 Å². The van der Waals surface area contributed by atoms with Crippen molar-refractivity contribution in [3.63, 3.8) is 0 Å². The highest BCUT2D eigenvalue weighted by atomic mass is 16.2. The fraction of sp³-hybridized carbons (Fsp3) is 0.556. The van der Waals surface area contributed by atoms with Crippen molar-refractivity contribution >= 4 is 5.91 Å². The average Bonchev–Trinajstić information content (AvgIpc) is 2.75. The standard InChI is InChI=1S/C9H14N4O/c1-13-5-8(11-6-13)9(14)12-7-2-3-10-4-7/h5-7,10H,2-4H2,1H3,(H,12,14)/t7-/m0/s1. The largest absolute Gasteiger partial charge is 0.347 e. The van der Waals surface area contributed by atoms with Crippen LogP contribution in [0, 0.1) is 0 Å². The lowest BCUT2D eigenvalue weighted by Crippen LogP contribution is -2.36. The van der Waals surface area contributed by atoms with Gasteiger partial charge in [0.2, 0.25) is 0 Å². The highest BCUT2D eigenvalue weighted by Gasteiger charge is 2.18. The lowest BCUT2D eigenvalue weighted by molar-refractivity contribution is 0.0935. The summed E-state index contributed by atoms with van der Waals surface area (Å²) in [4.78, 5) is 15.6. The van der Waals surface area contributed by atoms with E-state index in [0.717, 1.165) is 19.5 Å². The quantitative estimate of drug-likeness (QED) is 0.668. The number of imidazole rings is 1. The number of rotatable bonds is 2. The van der Waals surface area contributed by atoms with E-state index in [0.29, 0.717) is 5.69 Å². The van der Waals surface area contributed by atoms with Crippen molar-refractivity contribution in [3.05, 3.63) is 18.2 Å². The van der Waals surface area contributed by atoms with Gasteiger partial charge in [0.1, 0.15) is 5.69 Å². The number of aromatic nitrogens is 2. The zero-order valence-corrected chi connectivity index (χ0v) is 8.16. The molecule has 1 atom stereocenters. The summed E-state index contributed by atoms with van der Waals surface area (Å²) in [6.45, 7) is 1.84. The molecule has 0 spiro atoms. The van der Waals surface area contributed by atoms with Crippen molar-refractivity contribution in [2.75, 3.05) is 13.1 Å². The third kappa shape index (κ3) is 1.93. The first-order chi connectivity index (χ1) is 6.75. The summed E-state index contributed by atoms with van der Waals surface area (Å²) in [7, 11) is 1.85. The molecule has 0 radical (unpaired) electrons. The summed E-state index contributed by atoms with van der Waals surface area (Å²) in [6, 6.07) is 0.254. The Kier molecular flexibility index (Phi) is 2.49. The Morgan fingerprint density at radius 1 is 1.79 bits per heavy atom. The van der Waals surface area contributed by atoms with Crippen molar-refractivity contribution in [1.29, 1.82) is 0 Å². The smallest absolute Gasteiger partial charge is 0.271 e. The van der Waals surface area contributed by atoms with E-state index in [1.54, 1.807) is 17.1 Å². The topological polar surface area (TPSA) is 59.0 Å². The van der Waals surface area contributed by atoms with E-state index in [1.165, 1.54) is 0 Å². The fourth-order valence-corrected chi connectivity index (χ4v) is 1.57. The Labute approximate surface area is 82.5 Å². The van der Waals surface area contributed by atoms with Gasteiger partial charge in [-0.15, -0.1) is 0 Å². The van der Waals surface area contributed by atoms with Gasteiger partial charge in [-0.2, -0.15) is 0 Å². The molecule has 14 heavy (non-hydrogen) atoms. The molecule has 1 aromatic rings. The van der Waals surface area contributed by atoms with Crippen molar-refractivity contribution in [2.45, 2.75) is 12.5 Å². The number of amides is 1. The van der Waals surface area contributed by atoms with Crippen LogP contribution < -0.4 is 10.6 Å². The maximum Gasteiger partial charge on any atom is 0.271 e. The van der Waals surface area contributed by atoms with Crippen molar-refractivity contribution < 1.29 is 4.79 Å². The molecular formula is C9H14N4O. The first-order valence-electron chi connectivity index (χ1n) is 4.75. The van der Waals surface area contributed by atoms with Crippen LogP contribution in [0.5, 0.6) is 0 Å². The van der Waals surface area contributed by atoms with Crippen molar-refractivity contribution in [3.8, 4) is 0 Å². The molecule has 2 heterocycles. The zero-order valence-electron chi connectivity index (χ0n) is 8.16. The number of hydrogen-bond donors (Lipinski definition) is 2. The maximum absolute atomic E-state index is 11.6. The van der Waals surface area contributed by atoms with E-state index in [-0.39, 0.29) is 11.9 Å². The number of carbonyl (C=O) groups is 1. The Hall–Kier alpha value is -1.36. The molecule has 1 amide bonds. The molecule has 0 bridgehead atoms. The Morgan fingerprint density at radius 3 is 3.21 bits per heavy atom. The van der Waals surface area contributed by atoms with Crippen LogP contribution in [0.1, 0.15) is 16.9 Å². The van der Waals surface area contributed by atoms with Gasteiger partial charge in [-0.05, 0) is 13.0 Å². The first-order valence-corrected chi connectivity index (χ1v) is 4.75. The van der Waals surface area contributed by atoms with E-state index in [2.05, 4.69) is 15.6 Å². The van der Waals surface area contributed by atoms with Gasteiger partial charge in [0, 0.05) is 25.8 Å². The Bertz CT molecular complexity index is 327. The van der Waals surface area contributed by atoms with Crippen molar-refractivity contribution in [1.82, 2.24) is 20.2 Å². The molecule has 0 aliphatic carbocycles. The minimum Gasteiger partial charge on any atom is -0.347 e. The predicted octanol–water partition coefficient (Wildman–Crippen LogP) is -0.488. The van der Waals surface area contributed by atoms with Gasteiger partial charge in [0.25, 0.3) is 5.91 Å². The van der Waals surface area contributed by atoms with Crippen LogP contribution >= 0.6 is 0 Å². The van der Waals surface area contributed by atoms with E-state index in [9.17, 15) is 4.79 Å². The van der Waals surface area contributed by atoms with E-state index in [1.807, 2.05) is 7.05 Å². The molecule has 76 valence electrons. The second kappa shape index (κ2) is 3.79. The summed E-state index contributed by atoms with van der Waals surface area (Å²) in [5, 5.41) is 6.13. The number of hydrogen-bond acceptors (Lipinski definition) is 3. The summed E-state index contributed by atoms with van der Waals surface area (Å²) in [6.07, 6.45) is 4.35. The van der Waals surface area contributed by atoms with Crippen LogP contribution in [-0.4, -0.2) is 34.6 Å². The normalized spacial score (nSPS) is 21.1. The van der Waals surface area contributed by atoms with Crippen LogP contribution in [0.15, 0.2) is 12.5 Å². The highest BCUT2D eigenvalue weighted by Crippen LogP contribution is 2.00. The molecule has 0 aromatic carbocycles. The first kappa shape index (κ1) is 9.21. The number of nitrogens with one attached hydrogen (secondary N) is 2. The molecule has 0 saturated carbocycles. The van der Waals surface area contributed by atoms with Gasteiger partial charge in [-0.25, -0.2) is 4.98 Å². The predicted molar refractivity (Wildman–Crippen MR) is 51.9 cm³/mol. The van der Waals surface area contributed by atoms with Gasteiger partial charge in [0.05, 0.1) is 6.33 Å². The molecule has 1 saturated heterocycles. The molecule has 5 nitrogen and oxygen atoms in total. The molecule has 2 rings (SSSR count). The second-order valence-corrected chi connectivity index (χ2v) is 3.59. The minimum absolute atomic E-state index is 0.0840. The molecule has 0 unspecified atom stereocenters. The van der Waals surface area contributed by atoms with E-state index >= 15 is 0 Å². The second-order valence-electron chi connectivity index (χ2n) is 3.59. The summed E-state index contributed by atoms with van der Waals surface area (Å²) in [5.74, 6) is -0.0840. The van der Waals surface area contributed by atoms with Gasteiger partial charge in [0.15, 0.2) is 0 Å². The molecule has 1 aromatic heterocycles. The van der Waals surface area contributed by atoms with Gasteiger partial charge >= 0.3 is 0 Å². The molecule has 2 N–H and O–H groups in total. The van der Waals surface area contributed by atoms with Crippen LogP contribution in [0.25, 0.3) is 0 Å². The summed E-state index contributed by atoms with van der Waals surface area (Å²) >= 11 is 0. The Balaban J connectivity index is 1.95.